The van der Waals surface area contributed by atoms with E-state index in [0.29, 0.717) is 23.5 Å². The van der Waals surface area contributed by atoms with Crippen molar-refractivity contribution in [2.24, 2.45) is 16.0 Å². The number of nitrogens with two attached hydrogens (primary N) is 2. The van der Waals surface area contributed by atoms with Crippen LogP contribution in [-0.4, -0.2) is 33.9 Å². The summed E-state index contributed by atoms with van der Waals surface area (Å²) < 4.78 is 32.8. The maximum atomic E-state index is 11.6. The van der Waals surface area contributed by atoms with Gasteiger partial charge in [0.05, 0.1) is 31.0 Å². The van der Waals surface area contributed by atoms with E-state index in [2.05, 4.69) is 9.71 Å². The van der Waals surface area contributed by atoms with Crippen LogP contribution >= 0.6 is 0 Å². The Morgan fingerprint density at radius 1 is 1.32 bits per heavy atom. The van der Waals surface area contributed by atoms with E-state index in [9.17, 15) is 8.42 Å². The van der Waals surface area contributed by atoms with Crippen LogP contribution in [0.15, 0.2) is 22.6 Å². The predicted molar refractivity (Wildman–Crippen MR) is 84.3 cm³/mol. The summed E-state index contributed by atoms with van der Waals surface area (Å²) in [5.41, 5.74) is 7.12. The van der Waals surface area contributed by atoms with E-state index < -0.39 is 10.0 Å². The molecule has 4 N–H and O–H groups in total. The highest BCUT2D eigenvalue weighted by molar-refractivity contribution is 7.89. The van der Waals surface area contributed by atoms with Gasteiger partial charge in [0.1, 0.15) is 11.6 Å². The fourth-order valence-electron chi connectivity index (χ4n) is 3.15. The molecule has 2 aliphatic heterocycles. The standard InChI is InChI=1S/C15H21N3O3S/c16-15-14-12(10-22(19,20)18-15)2-1-3-13(14)21-9-6-11-4-7-17-8-5-11/h1-3,11,17H,4-10H2,(H2,16,18)/p+1. The van der Waals surface area contributed by atoms with Gasteiger partial charge in [0.15, 0.2) is 0 Å². The van der Waals surface area contributed by atoms with Crippen LogP contribution in [-0.2, 0) is 15.8 Å². The van der Waals surface area contributed by atoms with Crippen molar-refractivity contribution in [3.05, 3.63) is 29.3 Å². The van der Waals surface area contributed by atoms with Crippen LogP contribution < -0.4 is 15.8 Å². The number of benzene rings is 1. The fraction of sp³-hybridized carbons (Fsp3) is 0.533. The van der Waals surface area contributed by atoms with Crippen molar-refractivity contribution in [2.75, 3.05) is 19.7 Å². The summed E-state index contributed by atoms with van der Waals surface area (Å²) in [7, 11) is -3.50. The molecule has 2 heterocycles. The smallest absolute Gasteiger partial charge is 0.259 e. The highest BCUT2D eigenvalue weighted by Crippen LogP contribution is 2.28. The lowest BCUT2D eigenvalue weighted by molar-refractivity contribution is -0.664. The van der Waals surface area contributed by atoms with Gasteiger partial charge in [-0.15, -0.1) is 4.40 Å². The summed E-state index contributed by atoms with van der Waals surface area (Å²) in [5, 5.41) is 2.35. The SMILES string of the molecule is NC1=NS(=O)(=O)Cc2cccc(OCCC3CC[NH2+]CC3)c21. The van der Waals surface area contributed by atoms with Gasteiger partial charge in [-0.2, -0.15) is 0 Å². The van der Waals surface area contributed by atoms with Crippen molar-refractivity contribution in [3.8, 4) is 5.75 Å². The van der Waals surface area contributed by atoms with Crippen LogP contribution in [0.3, 0.4) is 0 Å². The molecule has 1 saturated heterocycles. The highest BCUT2D eigenvalue weighted by Gasteiger charge is 2.25. The van der Waals surface area contributed by atoms with E-state index in [4.69, 9.17) is 10.5 Å². The van der Waals surface area contributed by atoms with Gasteiger partial charge in [0, 0.05) is 0 Å². The molecule has 0 unspecified atom stereocenters. The quantitative estimate of drug-likeness (QED) is 0.813. The van der Waals surface area contributed by atoms with Crippen molar-refractivity contribution in [1.82, 2.24) is 0 Å². The van der Waals surface area contributed by atoms with E-state index in [-0.39, 0.29) is 11.6 Å². The van der Waals surface area contributed by atoms with E-state index >= 15 is 0 Å². The van der Waals surface area contributed by atoms with Gasteiger partial charge in [-0.1, -0.05) is 12.1 Å². The van der Waals surface area contributed by atoms with Crippen LogP contribution in [0.4, 0.5) is 0 Å². The van der Waals surface area contributed by atoms with Crippen LogP contribution in [0.2, 0.25) is 0 Å². The Balaban J connectivity index is 1.70. The highest BCUT2D eigenvalue weighted by atomic mass is 32.2. The largest absolute Gasteiger partial charge is 0.493 e. The predicted octanol–water partition coefficient (Wildman–Crippen LogP) is -0.0224. The molecule has 2 aliphatic rings. The second-order valence-electron chi connectivity index (χ2n) is 5.94. The monoisotopic (exact) mass is 324 g/mol. The molecule has 6 nitrogen and oxygen atoms in total. The summed E-state index contributed by atoms with van der Waals surface area (Å²) in [6, 6.07) is 5.39. The molecule has 7 heteroatoms. The molecule has 0 spiro atoms. The average molecular weight is 324 g/mol. The first-order valence-electron chi connectivity index (χ1n) is 7.70. The number of fused-ring (bicyclic) bond motifs is 1. The minimum atomic E-state index is -3.50. The minimum absolute atomic E-state index is 0.0316. The van der Waals surface area contributed by atoms with Crippen LogP contribution in [0.25, 0.3) is 0 Å². The Kier molecular flexibility index (Phi) is 4.35. The first-order chi connectivity index (χ1) is 10.6. The topological polar surface area (TPSA) is 98.4 Å². The third kappa shape index (κ3) is 3.41. The zero-order chi connectivity index (χ0) is 15.6. The van der Waals surface area contributed by atoms with Gasteiger partial charge in [-0.3, -0.25) is 0 Å². The van der Waals surface area contributed by atoms with Crippen LogP contribution in [0, 0.1) is 5.92 Å². The molecule has 0 atom stereocenters. The zero-order valence-electron chi connectivity index (χ0n) is 12.5. The molecule has 22 heavy (non-hydrogen) atoms. The van der Waals surface area contributed by atoms with E-state index in [1.165, 1.54) is 25.9 Å². The number of quaternary nitrogens is 1. The number of piperidine rings is 1. The second kappa shape index (κ2) is 6.26. The van der Waals surface area contributed by atoms with Crippen molar-refractivity contribution in [1.29, 1.82) is 0 Å². The molecule has 0 saturated carbocycles. The van der Waals surface area contributed by atoms with Crippen LogP contribution in [0.1, 0.15) is 30.4 Å². The molecular weight excluding hydrogens is 302 g/mol. The van der Waals surface area contributed by atoms with Crippen LogP contribution in [0.5, 0.6) is 5.75 Å². The van der Waals surface area contributed by atoms with E-state index in [1.54, 1.807) is 12.1 Å². The normalized spacial score (nSPS) is 21.0. The molecule has 3 rings (SSSR count). The number of hydrogen-bond donors (Lipinski definition) is 2. The molecular formula is C15H22N3O3S+. The van der Waals surface area contributed by atoms with Gasteiger partial charge in [0.25, 0.3) is 10.0 Å². The molecule has 1 fully saturated rings. The van der Waals surface area contributed by atoms with E-state index in [1.807, 2.05) is 6.07 Å². The van der Waals surface area contributed by atoms with Crippen molar-refractivity contribution in [2.45, 2.75) is 25.0 Å². The van der Waals surface area contributed by atoms with Gasteiger partial charge in [-0.05, 0) is 36.8 Å². The van der Waals surface area contributed by atoms with E-state index in [0.717, 1.165) is 12.3 Å². The lowest BCUT2D eigenvalue weighted by Crippen LogP contribution is -2.86. The molecule has 0 aromatic heterocycles. The molecule has 1 aromatic rings. The third-order valence-electron chi connectivity index (χ3n) is 4.29. The van der Waals surface area contributed by atoms with Gasteiger partial charge >= 0.3 is 0 Å². The molecule has 1 aromatic carbocycles. The Labute approximate surface area is 130 Å². The number of rotatable bonds is 4. The fourth-order valence-corrected chi connectivity index (χ4v) is 4.24. The zero-order valence-corrected chi connectivity index (χ0v) is 13.3. The third-order valence-corrected chi connectivity index (χ3v) is 5.44. The van der Waals surface area contributed by atoms with Crippen molar-refractivity contribution < 1.29 is 18.5 Å². The number of ether oxygens (including phenoxy) is 1. The van der Waals surface area contributed by atoms with Gasteiger partial charge in [-0.25, -0.2) is 8.42 Å². The Morgan fingerprint density at radius 2 is 2.09 bits per heavy atom. The summed E-state index contributed by atoms with van der Waals surface area (Å²) in [6.07, 6.45) is 3.49. The first-order valence-corrected chi connectivity index (χ1v) is 9.31. The average Bonchev–Trinajstić information content (AvgIpc) is 2.46. The minimum Gasteiger partial charge on any atom is -0.493 e. The summed E-state index contributed by atoms with van der Waals surface area (Å²) >= 11 is 0. The lowest BCUT2D eigenvalue weighted by Gasteiger charge is -2.21. The molecule has 120 valence electrons. The van der Waals surface area contributed by atoms with Crippen molar-refractivity contribution >= 4 is 15.9 Å². The Morgan fingerprint density at radius 3 is 2.86 bits per heavy atom. The van der Waals surface area contributed by atoms with Gasteiger partial charge in [0.2, 0.25) is 0 Å². The maximum Gasteiger partial charge on any atom is 0.259 e. The lowest BCUT2D eigenvalue weighted by atomic mass is 9.95. The number of nitrogens with zero attached hydrogens (tertiary/aromatic N) is 1. The molecule has 0 amide bonds. The molecule has 0 aliphatic carbocycles. The number of hydrogen-bond acceptors (Lipinski definition) is 4. The number of amidine groups is 1. The Bertz CT molecular complexity index is 679. The molecule has 0 bridgehead atoms. The van der Waals surface area contributed by atoms with Crippen molar-refractivity contribution in [3.63, 3.8) is 0 Å². The summed E-state index contributed by atoms with van der Waals surface area (Å²) in [5.74, 6) is 1.27. The molecule has 0 radical (unpaired) electrons. The Hall–Kier alpha value is -1.60. The number of sulfonamides is 1. The maximum absolute atomic E-state index is 11.6. The summed E-state index contributed by atoms with van der Waals surface area (Å²) in [4.78, 5) is 0. The summed E-state index contributed by atoms with van der Waals surface area (Å²) in [6.45, 7) is 3.02. The second-order valence-corrected chi connectivity index (χ2v) is 7.57. The van der Waals surface area contributed by atoms with Gasteiger partial charge < -0.3 is 15.8 Å². The first kappa shape index (κ1) is 15.3.